The molecule has 1 N–H and O–H groups in total. The van der Waals surface area contributed by atoms with E-state index in [1.807, 2.05) is 0 Å². The van der Waals surface area contributed by atoms with E-state index in [0.29, 0.717) is 16.7 Å². The fourth-order valence-corrected chi connectivity index (χ4v) is 1.52. The first-order valence-electron chi connectivity index (χ1n) is 4.72. The van der Waals surface area contributed by atoms with E-state index in [1.165, 1.54) is 12.3 Å². The highest BCUT2D eigenvalue weighted by Crippen LogP contribution is 2.25. The van der Waals surface area contributed by atoms with Gasteiger partial charge in [-0.05, 0) is 17.7 Å². The number of hydrogen-bond acceptors (Lipinski definition) is 2. The summed E-state index contributed by atoms with van der Waals surface area (Å²) >= 11 is 0. The van der Waals surface area contributed by atoms with Gasteiger partial charge >= 0.3 is 0 Å². The SMILES string of the molecule is OCc1cc(F)ncc1-c1ccccc1F. The summed E-state index contributed by atoms with van der Waals surface area (Å²) in [5.74, 6) is -1.12. The first kappa shape index (κ1) is 10.7. The van der Waals surface area contributed by atoms with Crippen molar-refractivity contribution < 1.29 is 13.9 Å². The molecule has 4 heteroatoms. The molecule has 0 radical (unpaired) electrons. The van der Waals surface area contributed by atoms with Crippen molar-refractivity contribution in [1.29, 1.82) is 0 Å². The fourth-order valence-electron chi connectivity index (χ4n) is 1.52. The molecular weight excluding hydrogens is 212 g/mol. The third-order valence-electron chi connectivity index (χ3n) is 2.29. The molecule has 0 amide bonds. The Labute approximate surface area is 91.2 Å². The Morgan fingerprint density at radius 2 is 1.88 bits per heavy atom. The molecular formula is C12H9F2NO. The number of halogens is 2. The van der Waals surface area contributed by atoms with Crippen LogP contribution >= 0.6 is 0 Å². The van der Waals surface area contributed by atoms with Gasteiger partial charge in [-0.2, -0.15) is 4.39 Å². The zero-order chi connectivity index (χ0) is 11.5. The zero-order valence-electron chi connectivity index (χ0n) is 8.32. The van der Waals surface area contributed by atoms with Gasteiger partial charge in [-0.1, -0.05) is 18.2 Å². The molecule has 0 fully saturated rings. The molecule has 2 aromatic rings. The molecule has 0 aliphatic carbocycles. The molecule has 2 rings (SSSR count). The van der Waals surface area contributed by atoms with Crippen LogP contribution in [0.3, 0.4) is 0 Å². The van der Waals surface area contributed by atoms with E-state index in [1.54, 1.807) is 18.2 Å². The van der Waals surface area contributed by atoms with Gasteiger partial charge in [0, 0.05) is 17.3 Å². The zero-order valence-corrected chi connectivity index (χ0v) is 8.32. The van der Waals surface area contributed by atoms with Crippen LogP contribution in [0.4, 0.5) is 8.78 Å². The van der Waals surface area contributed by atoms with Crippen LogP contribution < -0.4 is 0 Å². The molecule has 1 heterocycles. The van der Waals surface area contributed by atoms with E-state index >= 15 is 0 Å². The number of aromatic nitrogens is 1. The molecule has 0 spiro atoms. The van der Waals surface area contributed by atoms with E-state index in [2.05, 4.69) is 4.98 Å². The second kappa shape index (κ2) is 4.37. The highest BCUT2D eigenvalue weighted by atomic mass is 19.1. The molecule has 0 saturated carbocycles. The van der Waals surface area contributed by atoms with Gasteiger partial charge in [-0.25, -0.2) is 9.37 Å². The van der Waals surface area contributed by atoms with E-state index < -0.39 is 11.8 Å². The average molecular weight is 221 g/mol. The van der Waals surface area contributed by atoms with Crippen LogP contribution in [0, 0.1) is 11.8 Å². The second-order valence-electron chi connectivity index (χ2n) is 3.30. The Kier molecular flexibility index (Phi) is 2.92. The summed E-state index contributed by atoms with van der Waals surface area (Å²) in [7, 11) is 0. The van der Waals surface area contributed by atoms with Crippen LogP contribution in [0.2, 0.25) is 0 Å². The largest absolute Gasteiger partial charge is 0.392 e. The number of aliphatic hydroxyl groups is 1. The van der Waals surface area contributed by atoms with Crippen molar-refractivity contribution in [3.8, 4) is 11.1 Å². The van der Waals surface area contributed by atoms with Gasteiger partial charge in [0.15, 0.2) is 0 Å². The number of nitrogens with zero attached hydrogens (tertiary/aromatic N) is 1. The molecule has 0 atom stereocenters. The average Bonchev–Trinajstić information content (AvgIpc) is 2.30. The summed E-state index contributed by atoms with van der Waals surface area (Å²) in [4.78, 5) is 3.46. The number of pyridine rings is 1. The van der Waals surface area contributed by atoms with Crippen molar-refractivity contribution in [2.75, 3.05) is 0 Å². The second-order valence-corrected chi connectivity index (χ2v) is 3.30. The molecule has 0 aliphatic heterocycles. The number of rotatable bonds is 2. The van der Waals surface area contributed by atoms with E-state index in [-0.39, 0.29) is 6.61 Å². The highest BCUT2D eigenvalue weighted by molar-refractivity contribution is 5.66. The van der Waals surface area contributed by atoms with Crippen molar-refractivity contribution in [1.82, 2.24) is 4.98 Å². The van der Waals surface area contributed by atoms with Gasteiger partial charge in [0.25, 0.3) is 0 Å². The summed E-state index contributed by atoms with van der Waals surface area (Å²) in [6, 6.07) is 7.20. The molecule has 0 saturated heterocycles. The summed E-state index contributed by atoms with van der Waals surface area (Å²) in [6.45, 7) is -0.358. The van der Waals surface area contributed by atoms with Crippen LogP contribution in [0.1, 0.15) is 5.56 Å². The first-order chi connectivity index (χ1) is 7.72. The Bertz CT molecular complexity index is 514. The normalized spacial score (nSPS) is 10.4. The molecule has 0 bridgehead atoms. The lowest BCUT2D eigenvalue weighted by Gasteiger charge is -2.07. The van der Waals surface area contributed by atoms with Crippen LogP contribution in [-0.4, -0.2) is 10.1 Å². The van der Waals surface area contributed by atoms with Gasteiger partial charge in [-0.3, -0.25) is 0 Å². The van der Waals surface area contributed by atoms with E-state index in [0.717, 1.165) is 6.07 Å². The Hall–Kier alpha value is -1.81. The maximum Gasteiger partial charge on any atom is 0.213 e. The monoisotopic (exact) mass is 221 g/mol. The maximum absolute atomic E-state index is 13.5. The predicted octanol–water partition coefficient (Wildman–Crippen LogP) is 2.52. The molecule has 0 unspecified atom stereocenters. The Morgan fingerprint density at radius 3 is 2.56 bits per heavy atom. The van der Waals surface area contributed by atoms with Crippen LogP contribution in [0.15, 0.2) is 36.5 Å². The number of hydrogen-bond donors (Lipinski definition) is 1. The molecule has 1 aromatic carbocycles. The van der Waals surface area contributed by atoms with Crippen LogP contribution in [0.25, 0.3) is 11.1 Å². The quantitative estimate of drug-likeness (QED) is 0.790. The highest BCUT2D eigenvalue weighted by Gasteiger charge is 2.10. The number of benzene rings is 1. The summed E-state index contributed by atoms with van der Waals surface area (Å²) < 4.78 is 26.3. The van der Waals surface area contributed by atoms with E-state index in [9.17, 15) is 8.78 Å². The van der Waals surface area contributed by atoms with Crippen molar-refractivity contribution in [2.24, 2.45) is 0 Å². The summed E-state index contributed by atoms with van der Waals surface area (Å²) in [5.41, 5.74) is 1.03. The van der Waals surface area contributed by atoms with Crippen molar-refractivity contribution in [2.45, 2.75) is 6.61 Å². The molecule has 16 heavy (non-hydrogen) atoms. The minimum atomic E-state index is -0.691. The third-order valence-corrected chi connectivity index (χ3v) is 2.29. The van der Waals surface area contributed by atoms with Gasteiger partial charge in [-0.15, -0.1) is 0 Å². The van der Waals surface area contributed by atoms with Crippen molar-refractivity contribution in [3.05, 3.63) is 53.9 Å². The van der Waals surface area contributed by atoms with Gasteiger partial charge < -0.3 is 5.11 Å². The fraction of sp³-hybridized carbons (Fsp3) is 0.0833. The molecule has 82 valence electrons. The lowest BCUT2D eigenvalue weighted by Crippen LogP contribution is -1.95. The Balaban J connectivity index is 2.60. The van der Waals surface area contributed by atoms with Crippen LogP contribution in [0.5, 0.6) is 0 Å². The van der Waals surface area contributed by atoms with Gasteiger partial charge in [0.05, 0.1) is 6.61 Å². The first-order valence-corrected chi connectivity index (χ1v) is 4.72. The minimum Gasteiger partial charge on any atom is -0.392 e. The minimum absolute atomic E-state index is 0.305. The third kappa shape index (κ3) is 1.92. The Morgan fingerprint density at radius 1 is 1.12 bits per heavy atom. The smallest absolute Gasteiger partial charge is 0.213 e. The number of aliphatic hydroxyl groups excluding tert-OH is 1. The maximum atomic E-state index is 13.5. The lowest BCUT2D eigenvalue weighted by molar-refractivity contribution is 0.281. The summed E-state index contributed by atoms with van der Waals surface area (Å²) in [6.07, 6.45) is 1.22. The standard InChI is InChI=1S/C12H9F2NO/c13-11-4-2-1-3-9(11)10-6-15-12(14)5-8(10)7-16/h1-6,16H,7H2. The van der Waals surface area contributed by atoms with Crippen molar-refractivity contribution >= 4 is 0 Å². The van der Waals surface area contributed by atoms with Gasteiger partial charge in [0.2, 0.25) is 5.95 Å². The van der Waals surface area contributed by atoms with E-state index in [4.69, 9.17) is 5.11 Å². The van der Waals surface area contributed by atoms with Crippen LogP contribution in [-0.2, 0) is 6.61 Å². The molecule has 0 aliphatic rings. The molecule has 2 nitrogen and oxygen atoms in total. The predicted molar refractivity (Wildman–Crippen MR) is 55.5 cm³/mol. The lowest BCUT2D eigenvalue weighted by atomic mass is 10.0. The summed E-state index contributed by atoms with van der Waals surface area (Å²) in [5, 5.41) is 9.08. The van der Waals surface area contributed by atoms with Crippen molar-refractivity contribution in [3.63, 3.8) is 0 Å². The topological polar surface area (TPSA) is 33.1 Å². The van der Waals surface area contributed by atoms with Gasteiger partial charge in [0.1, 0.15) is 5.82 Å². The molecule has 1 aromatic heterocycles.